The van der Waals surface area contributed by atoms with E-state index in [-0.39, 0.29) is 5.54 Å². The van der Waals surface area contributed by atoms with Gasteiger partial charge in [-0.15, -0.1) is 0 Å². The van der Waals surface area contributed by atoms with Crippen LogP contribution < -0.4 is 5.73 Å². The Balaban J connectivity index is 2.06. The van der Waals surface area contributed by atoms with Gasteiger partial charge in [0.1, 0.15) is 0 Å². The summed E-state index contributed by atoms with van der Waals surface area (Å²) in [7, 11) is 0. The summed E-state index contributed by atoms with van der Waals surface area (Å²) in [5, 5.41) is 1.41. The summed E-state index contributed by atoms with van der Waals surface area (Å²) in [5.41, 5.74) is 10.4. The third-order valence-corrected chi connectivity index (χ3v) is 4.44. The number of hydrogen-bond donors (Lipinski definition) is 1. The quantitative estimate of drug-likeness (QED) is 0.909. The minimum Gasteiger partial charge on any atom is -0.347 e. The van der Waals surface area contributed by atoms with Crippen LogP contribution in [0.15, 0.2) is 22.8 Å². The van der Waals surface area contributed by atoms with Crippen molar-refractivity contribution in [2.45, 2.75) is 51.6 Å². The van der Waals surface area contributed by atoms with Crippen LogP contribution in [0.3, 0.4) is 0 Å². The molecule has 1 aliphatic heterocycles. The molecule has 19 heavy (non-hydrogen) atoms. The van der Waals surface area contributed by atoms with Gasteiger partial charge in [-0.3, -0.25) is 0 Å². The van der Waals surface area contributed by atoms with Crippen molar-refractivity contribution in [2.24, 2.45) is 5.73 Å². The number of aromatic nitrogens is 1. The number of halogens is 1. The molecule has 102 valence electrons. The average molecular weight is 321 g/mol. The highest BCUT2D eigenvalue weighted by molar-refractivity contribution is 9.10. The van der Waals surface area contributed by atoms with Crippen LogP contribution in [-0.2, 0) is 19.4 Å². The van der Waals surface area contributed by atoms with Crippen molar-refractivity contribution in [1.29, 1.82) is 0 Å². The molecule has 2 nitrogen and oxygen atoms in total. The number of aryl methyl sites for hydroxylation is 3. The van der Waals surface area contributed by atoms with E-state index >= 15 is 0 Å². The van der Waals surface area contributed by atoms with Crippen LogP contribution in [0.2, 0.25) is 0 Å². The zero-order valence-corrected chi connectivity index (χ0v) is 13.3. The molecule has 0 aliphatic carbocycles. The highest BCUT2D eigenvalue weighted by atomic mass is 79.9. The zero-order valence-electron chi connectivity index (χ0n) is 11.7. The second-order valence-electron chi connectivity index (χ2n) is 6.40. The van der Waals surface area contributed by atoms with Crippen molar-refractivity contribution in [3.63, 3.8) is 0 Å². The standard InChI is InChI=1S/C16H21BrN2/c1-16(2,18)6-5-12-10-19-7-3-4-11-8-13(17)9-14(12)15(11)19/h8-10H,3-7,18H2,1-2H3. The van der Waals surface area contributed by atoms with Gasteiger partial charge in [-0.1, -0.05) is 15.9 Å². The second-order valence-corrected chi connectivity index (χ2v) is 7.32. The second kappa shape index (κ2) is 4.64. The van der Waals surface area contributed by atoms with Crippen molar-refractivity contribution in [1.82, 2.24) is 4.57 Å². The van der Waals surface area contributed by atoms with Gasteiger partial charge in [-0.25, -0.2) is 0 Å². The van der Waals surface area contributed by atoms with Crippen LogP contribution in [0.25, 0.3) is 10.9 Å². The number of benzene rings is 1. The first-order valence-electron chi connectivity index (χ1n) is 7.03. The van der Waals surface area contributed by atoms with Gasteiger partial charge in [0, 0.05) is 28.1 Å². The molecule has 0 saturated carbocycles. The summed E-state index contributed by atoms with van der Waals surface area (Å²) in [6.07, 6.45) is 6.86. The van der Waals surface area contributed by atoms with Gasteiger partial charge < -0.3 is 10.3 Å². The first-order chi connectivity index (χ1) is 8.94. The highest BCUT2D eigenvalue weighted by Crippen LogP contribution is 2.33. The minimum atomic E-state index is -0.0938. The lowest BCUT2D eigenvalue weighted by atomic mass is 9.95. The van der Waals surface area contributed by atoms with E-state index in [1.807, 2.05) is 0 Å². The maximum atomic E-state index is 6.12. The summed E-state index contributed by atoms with van der Waals surface area (Å²) in [6.45, 7) is 5.36. The van der Waals surface area contributed by atoms with E-state index in [1.54, 1.807) is 0 Å². The molecular formula is C16H21BrN2. The Morgan fingerprint density at radius 3 is 2.89 bits per heavy atom. The molecule has 2 N–H and O–H groups in total. The van der Waals surface area contributed by atoms with Crippen molar-refractivity contribution in [3.05, 3.63) is 33.9 Å². The molecule has 1 aromatic carbocycles. The van der Waals surface area contributed by atoms with Crippen LogP contribution in [-0.4, -0.2) is 10.1 Å². The van der Waals surface area contributed by atoms with E-state index in [0.29, 0.717) is 0 Å². The third-order valence-electron chi connectivity index (χ3n) is 3.98. The molecule has 2 heterocycles. The largest absolute Gasteiger partial charge is 0.347 e. The smallest absolute Gasteiger partial charge is 0.0516 e. The number of rotatable bonds is 3. The van der Waals surface area contributed by atoms with Crippen molar-refractivity contribution in [3.8, 4) is 0 Å². The van der Waals surface area contributed by atoms with Crippen LogP contribution in [0.5, 0.6) is 0 Å². The minimum absolute atomic E-state index is 0.0938. The van der Waals surface area contributed by atoms with Crippen LogP contribution in [0, 0.1) is 0 Å². The van der Waals surface area contributed by atoms with Gasteiger partial charge in [0.25, 0.3) is 0 Å². The van der Waals surface area contributed by atoms with Crippen molar-refractivity contribution >= 4 is 26.8 Å². The summed E-state index contributed by atoms with van der Waals surface area (Å²) in [4.78, 5) is 0. The average Bonchev–Trinajstić information content (AvgIpc) is 2.65. The third kappa shape index (κ3) is 2.59. The predicted octanol–water partition coefficient (Wildman–Crippen LogP) is 4.02. The fourth-order valence-corrected chi connectivity index (χ4v) is 3.53. The van der Waals surface area contributed by atoms with Crippen molar-refractivity contribution in [2.75, 3.05) is 0 Å². The number of nitrogens with zero attached hydrogens (tertiary/aromatic N) is 1. The van der Waals surface area contributed by atoms with Crippen molar-refractivity contribution < 1.29 is 0 Å². The summed E-state index contributed by atoms with van der Waals surface area (Å²) >= 11 is 3.65. The fraction of sp³-hybridized carbons (Fsp3) is 0.500. The molecule has 1 aliphatic rings. The topological polar surface area (TPSA) is 30.9 Å². The van der Waals surface area contributed by atoms with Gasteiger partial charge in [-0.2, -0.15) is 0 Å². The lowest BCUT2D eigenvalue weighted by molar-refractivity contribution is 0.477. The summed E-state index contributed by atoms with van der Waals surface area (Å²) in [5.74, 6) is 0. The molecule has 0 atom stereocenters. The fourth-order valence-electron chi connectivity index (χ4n) is 3.02. The van der Waals surface area contributed by atoms with E-state index in [1.165, 1.54) is 39.3 Å². The lowest BCUT2D eigenvalue weighted by Gasteiger charge is -2.17. The Labute approximate surface area is 123 Å². The molecule has 2 aromatic rings. The number of hydrogen-bond acceptors (Lipinski definition) is 1. The molecule has 0 radical (unpaired) electrons. The first kappa shape index (κ1) is 13.2. The molecule has 3 heteroatoms. The maximum absolute atomic E-state index is 6.12. The van der Waals surface area contributed by atoms with E-state index < -0.39 is 0 Å². The number of nitrogens with two attached hydrogens (primary N) is 1. The Morgan fingerprint density at radius 1 is 1.37 bits per heavy atom. The lowest BCUT2D eigenvalue weighted by Crippen LogP contribution is -2.32. The molecule has 0 saturated heterocycles. The molecule has 0 spiro atoms. The summed E-state index contributed by atoms with van der Waals surface area (Å²) in [6, 6.07) is 4.54. The molecular weight excluding hydrogens is 300 g/mol. The molecule has 1 aromatic heterocycles. The van der Waals surface area contributed by atoms with E-state index in [4.69, 9.17) is 5.73 Å². The highest BCUT2D eigenvalue weighted by Gasteiger charge is 2.18. The first-order valence-corrected chi connectivity index (χ1v) is 7.82. The normalized spacial score (nSPS) is 15.2. The molecule has 0 unspecified atom stereocenters. The van der Waals surface area contributed by atoms with E-state index in [0.717, 1.165) is 19.4 Å². The monoisotopic (exact) mass is 320 g/mol. The van der Waals surface area contributed by atoms with Gasteiger partial charge >= 0.3 is 0 Å². The van der Waals surface area contributed by atoms with Gasteiger partial charge in [0.15, 0.2) is 0 Å². The zero-order chi connectivity index (χ0) is 13.6. The summed E-state index contributed by atoms with van der Waals surface area (Å²) < 4.78 is 3.63. The maximum Gasteiger partial charge on any atom is 0.0516 e. The Hall–Kier alpha value is -0.800. The Kier molecular flexibility index (Phi) is 3.22. The SMILES string of the molecule is CC(C)(N)CCc1cn2c3c(cc(Br)cc13)CCC2. The van der Waals surface area contributed by atoms with Gasteiger partial charge in [0.05, 0.1) is 5.52 Å². The Bertz CT molecular complexity index is 620. The van der Waals surface area contributed by atoms with Crippen LogP contribution in [0.4, 0.5) is 0 Å². The molecule has 0 amide bonds. The van der Waals surface area contributed by atoms with E-state index in [2.05, 4.69) is 52.7 Å². The van der Waals surface area contributed by atoms with Gasteiger partial charge in [0.2, 0.25) is 0 Å². The predicted molar refractivity (Wildman–Crippen MR) is 84.5 cm³/mol. The van der Waals surface area contributed by atoms with Crippen LogP contribution >= 0.6 is 15.9 Å². The molecule has 3 rings (SSSR count). The van der Waals surface area contributed by atoms with Crippen LogP contribution in [0.1, 0.15) is 37.8 Å². The van der Waals surface area contributed by atoms with Gasteiger partial charge in [-0.05, 0) is 62.8 Å². The molecule has 0 bridgehead atoms. The van der Waals surface area contributed by atoms with E-state index in [9.17, 15) is 0 Å². The molecule has 0 fully saturated rings. The Morgan fingerprint density at radius 2 is 2.16 bits per heavy atom.